The molecule has 4 unspecified atom stereocenters. The van der Waals surface area contributed by atoms with Crippen molar-refractivity contribution in [1.82, 2.24) is 30.9 Å². The van der Waals surface area contributed by atoms with E-state index in [1.807, 2.05) is 18.2 Å². The molecule has 0 aliphatic carbocycles. The van der Waals surface area contributed by atoms with E-state index >= 15 is 0 Å². The molecule has 2 aromatic heterocycles. The van der Waals surface area contributed by atoms with Crippen molar-refractivity contribution in [2.24, 2.45) is 5.73 Å². The summed E-state index contributed by atoms with van der Waals surface area (Å²) in [6.07, 6.45) is 3.56. The Balaban J connectivity index is 1.57. The van der Waals surface area contributed by atoms with E-state index in [4.69, 9.17) is 10.8 Å². The molecule has 10 N–H and O–H groups in total. The predicted octanol–water partition coefficient (Wildman–Crippen LogP) is -0.0345. The summed E-state index contributed by atoms with van der Waals surface area (Å²) >= 11 is 0. The number of amides is 3. The summed E-state index contributed by atoms with van der Waals surface area (Å²) < 4.78 is 0. The summed E-state index contributed by atoms with van der Waals surface area (Å²) in [4.78, 5) is 73.1. The number of fused-ring (bicyclic) bond motifs is 1. The van der Waals surface area contributed by atoms with E-state index in [-0.39, 0.29) is 25.0 Å². The summed E-state index contributed by atoms with van der Waals surface area (Å²) in [5.74, 6) is -5.11. The average molecular weight is 620 g/mol. The summed E-state index contributed by atoms with van der Waals surface area (Å²) in [7, 11) is 0. The van der Waals surface area contributed by atoms with Gasteiger partial charge in [0.15, 0.2) is 0 Å². The number of hydrogen-bond donors (Lipinski definition) is 9. The molecule has 0 saturated heterocycles. The highest BCUT2D eigenvalue weighted by molar-refractivity contribution is 5.95. The molecule has 236 valence electrons. The van der Waals surface area contributed by atoms with E-state index in [1.165, 1.54) is 36.8 Å². The molecule has 0 spiro atoms. The van der Waals surface area contributed by atoms with Crippen LogP contribution in [0.25, 0.3) is 10.9 Å². The van der Waals surface area contributed by atoms with Gasteiger partial charge in [-0.25, -0.2) is 9.78 Å². The second-order valence-electron chi connectivity index (χ2n) is 10.4. The van der Waals surface area contributed by atoms with E-state index in [0.29, 0.717) is 16.8 Å². The molecule has 3 amide bonds. The minimum Gasteiger partial charge on any atom is -0.508 e. The number of nitrogens with two attached hydrogens (primary N) is 1. The van der Waals surface area contributed by atoms with Gasteiger partial charge in [-0.3, -0.25) is 19.2 Å². The average Bonchev–Trinajstić information content (AvgIpc) is 3.66. The molecule has 4 aromatic rings. The molecule has 4 atom stereocenters. The van der Waals surface area contributed by atoms with Crippen LogP contribution in [-0.4, -0.2) is 84.1 Å². The third kappa shape index (κ3) is 8.90. The number of carbonyl (C=O) groups is 5. The highest BCUT2D eigenvalue weighted by Gasteiger charge is 2.32. The second kappa shape index (κ2) is 14.7. The molecule has 0 fully saturated rings. The first-order chi connectivity index (χ1) is 21.5. The topological polar surface area (TPSA) is 253 Å². The third-order valence-electron chi connectivity index (χ3n) is 7.07. The summed E-state index contributed by atoms with van der Waals surface area (Å²) in [5.41, 5.74) is 8.19. The minimum absolute atomic E-state index is 0.00445. The number of benzene rings is 2. The van der Waals surface area contributed by atoms with Crippen molar-refractivity contribution >= 4 is 40.6 Å². The van der Waals surface area contributed by atoms with Crippen molar-refractivity contribution in [3.63, 3.8) is 0 Å². The van der Waals surface area contributed by atoms with E-state index in [2.05, 4.69) is 30.9 Å². The van der Waals surface area contributed by atoms with Gasteiger partial charge in [0, 0.05) is 48.3 Å². The summed E-state index contributed by atoms with van der Waals surface area (Å²) in [6, 6.07) is 7.68. The Morgan fingerprint density at radius 3 is 2.09 bits per heavy atom. The largest absolute Gasteiger partial charge is 0.508 e. The van der Waals surface area contributed by atoms with Crippen LogP contribution in [0.4, 0.5) is 0 Å². The standard InChI is InChI=1S/C30H33N7O8/c31-21(12-26(39)40)27(41)35-23(10-17-13-33-22-4-2-1-3-20(17)22)28(42)36-24(11-18-14-32-15-34-18)29(43)37-25(30(44)45)9-16-5-7-19(38)8-6-16/h1-8,13-15,21,23-25,33,38H,9-12,31H2,(H,32,34)(H,35,41)(H,36,42)(H,37,43)(H,39,40)(H,44,45). The number of aromatic hydroxyl groups is 1. The smallest absolute Gasteiger partial charge is 0.326 e. The lowest BCUT2D eigenvalue weighted by atomic mass is 10.0. The molecular formula is C30H33N7O8. The Kier molecular flexibility index (Phi) is 10.5. The quantitative estimate of drug-likeness (QED) is 0.0858. The van der Waals surface area contributed by atoms with Gasteiger partial charge in [-0.15, -0.1) is 0 Å². The first kappa shape index (κ1) is 32.2. The molecule has 0 saturated carbocycles. The molecule has 45 heavy (non-hydrogen) atoms. The van der Waals surface area contributed by atoms with Crippen LogP contribution in [0.5, 0.6) is 5.75 Å². The van der Waals surface area contributed by atoms with Crippen LogP contribution in [0.1, 0.15) is 23.2 Å². The van der Waals surface area contributed by atoms with Crippen molar-refractivity contribution in [2.75, 3.05) is 0 Å². The lowest BCUT2D eigenvalue weighted by Crippen LogP contribution is -2.58. The minimum atomic E-state index is -1.44. The van der Waals surface area contributed by atoms with Gasteiger partial charge in [0.2, 0.25) is 17.7 Å². The van der Waals surface area contributed by atoms with Gasteiger partial charge < -0.3 is 47.0 Å². The monoisotopic (exact) mass is 619 g/mol. The van der Waals surface area contributed by atoms with Crippen LogP contribution < -0.4 is 21.7 Å². The normalized spacial score (nSPS) is 13.7. The fourth-order valence-electron chi connectivity index (χ4n) is 4.73. The summed E-state index contributed by atoms with van der Waals surface area (Å²) in [6.45, 7) is 0. The van der Waals surface area contributed by atoms with E-state index < -0.39 is 60.2 Å². The van der Waals surface area contributed by atoms with Crippen molar-refractivity contribution < 1.29 is 39.3 Å². The van der Waals surface area contributed by atoms with Gasteiger partial charge in [0.25, 0.3) is 0 Å². The van der Waals surface area contributed by atoms with Gasteiger partial charge in [-0.1, -0.05) is 30.3 Å². The van der Waals surface area contributed by atoms with E-state index in [1.54, 1.807) is 12.3 Å². The van der Waals surface area contributed by atoms with Crippen molar-refractivity contribution in [3.05, 3.63) is 84.1 Å². The maximum absolute atomic E-state index is 13.7. The number of phenolic OH excluding ortho intramolecular Hbond substituents is 1. The Morgan fingerprint density at radius 2 is 1.44 bits per heavy atom. The van der Waals surface area contributed by atoms with Crippen LogP contribution >= 0.6 is 0 Å². The Labute approximate surface area is 256 Å². The summed E-state index contributed by atoms with van der Waals surface area (Å²) in [5, 5.41) is 36.8. The highest BCUT2D eigenvalue weighted by atomic mass is 16.4. The van der Waals surface area contributed by atoms with Crippen molar-refractivity contribution in [3.8, 4) is 5.75 Å². The molecule has 0 aliphatic heterocycles. The zero-order valence-corrected chi connectivity index (χ0v) is 23.9. The number of hydrogen-bond acceptors (Lipinski definition) is 8. The number of aromatic amines is 2. The maximum Gasteiger partial charge on any atom is 0.326 e. The number of nitrogens with one attached hydrogen (secondary N) is 5. The zero-order chi connectivity index (χ0) is 32.5. The number of carboxylic acid groups (broad SMARTS) is 2. The highest BCUT2D eigenvalue weighted by Crippen LogP contribution is 2.19. The lowest BCUT2D eigenvalue weighted by molar-refractivity contribution is -0.142. The van der Waals surface area contributed by atoms with Gasteiger partial charge >= 0.3 is 11.9 Å². The number of aromatic nitrogens is 3. The maximum atomic E-state index is 13.7. The Bertz CT molecular complexity index is 1650. The number of rotatable bonds is 15. The third-order valence-corrected chi connectivity index (χ3v) is 7.07. The van der Waals surface area contributed by atoms with Gasteiger partial charge in [-0.2, -0.15) is 0 Å². The molecule has 2 heterocycles. The molecule has 15 heteroatoms. The lowest BCUT2D eigenvalue weighted by Gasteiger charge is -2.25. The molecule has 0 bridgehead atoms. The van der Waals surface area contributed by atoms with Crippen molar-refractivity contribution in [1.29, 1.82) is 0 Å². The number of nitrogens with zero attached hydrogens (tertiary/aromatic N) is 1. The van der Waals surface area contributed by atoms with Crippen LogP contribution in [0, 0.1) is 0 Å². The number of carboxylic acids is 2. The van der Waals surface area contributed by atoms with E-state index in [0.717, 1.165) is 10.9 Å². The van der Waals surface area contributed by atoms with Crippen LogP contribution in [0.15, 0.2) is 67.3 Å². The van der Waals surface area contributed by atoms with Crippen LogP contribution in [-0.2, 0) is 43.2 Å². The molecule has 0 radical (unpaired) electrons. The Hall–Kier alpha value is -5.70. The Morgan fingerprint density at radius 1 is 0.800 bits per heavy atom. The fourth-order valence-corrected chi connectivity index (χ4v) is 4.73. The number of aliphatic carboxylic acids is 2. The number of H-pyrrole nitrogens is 2. The van der Waals surface area contributed by atoms with E-state index in [9.17, 15) is 34.2 Å². The second-order valence-corrected chi connectivity index (χ2v) is 10.4. The first-order valence-electron chi connectivity index (χ1n) is 13.9. The molecule has 4 rings (SSSR count). The first-order valence-corrected chi connectivity index (χ1v) is 13.9. The van der Waals surface area contributed by atoms with Gasteiger partial charge in [0.05, 0.1) is 18.8 Å². The molecule has 0 aliphatic rings. The fraction of sp³-hybridized carbons (Fsp3) is 0.267. The molecule has 2 aromatic carbocycles. The van der Waals surface area contributed by atoms with Gasteiger partial charge in [-0.05, 0) is 29.3 Å². The predicted molar refractivity (Wildman–Crippen MR) is 160 cm³/mol. The molecular weight excluding hydrogens is 586 g/mol. The van der Waals surface area contributed by atoms with Crippen LogP contribution in [0.3, 0.4) is 0 Å². The number of para-hydroxylation sites is 1. The number of imidazole rings is 1. The number of phenols is 1. The van der Waals surface area contributed by atoms with Crippen LogP contribution in [0.2, 0.25) is 0 Å². The number of carbonyl (C=O) groups excluding carboxylic acids is 3. The zero-order valence-electron chi connectivity index (χ0n) is 23.9. The van der Waals surface area contributed by atoms with Gasteiger partial charge in [0.1, 0.15) is 23.9 Å². The SMILES string of the molecule is NC(CC(=O)O)C(=O)NC(Cc1c[nH]c2ccccc12)C(=O)NC(Cc1cnc[nH]1)C(=O)NC(Cc1ccc(O)cc1)C(=O)O. The van der Waals surface area contributed by atoms with Crippen molar-refractivity contribution in [2.45, 2.75) is 49.9 Å². The molecule has 15 nitrogen and oxygen atoms in total.